The van der Waals surface area contributed by atoms with E-state index < -0.39 is 53.3 Å². The van der Waals surface area contributed by atoms with Crippen LogP contribution in [0.1, 0.15) is 34.2 Å². The quantitative estimate of drug-likeness (QED) is 0.167. The third-order valence-electron chi connectivity index (χ3n) is 9.45. The molecule has 8 rings (SSSR count). The molecule has 0 aliphatic heterocycles. The second-order valence-electron chi connectivity index (χ2n) is 13.9. The molecular formula is C39H35F2N11O7S2. The number of carbonyl (C=O) groups is 2. The summed E-state index contributed by atoms with van der Waals surface area (Å²) >= 11 is 0. The summed E-state index contributed by atoms with van der Waals surface area (Å²) in [6, 6.07) is 14.7. The number of halogens is 2. The molecule has 0 radical (unpaired) electrons. The van der Waals surface area contributed by atoms with Crippen LogP contribution in [0, 0.1) is 25.5 Å². The van der Waals surface area contributed by atoms with Gasteiger partial charge < -0.3 is 19.6 Å². The van der Waals surface area contributed by atoms with Crippen molar-refractivity contribution < 1.29 is 39.9 Å². The number of amides is 1. The van der Waals surface area contributed by atoms with Gasteiger partial charge in [0, 0.05) is 35.2 Å². The Kier molecular flexibility index (Phi) is 11.3. The van der Waals surface area contributed by atoms with Gasteiger partial charge in [-0.05, 0) is 73.5 Å². The minimum absolute atomic E-state index is 0.107. The van der Waals surface area contributed by atoms with Crippen molar-refractivity contribution in [1.29, 1.82) is 0 Å². The van der Waals surface area contributed by atoms with Crippen LogP contribution in [0.3, 0.4) is 0 Å². The van der Waals surface area contributed by atoms with E-state index in [0.29, 0.717) is 66.9 Å². The molecule has 6 N–H and O–H groups in total. The highest BCUT2D eigenvalue weighted by atomic mass is 32.2. The topological polar surface area (TPSA) is 277 Å². The summed E-state index contributed by atoms with van der Waals surface area (Å²) in [6.45, 7) is 3.93. The summed E-state index contributed by atoms with van der Waals surface area (Å²) in [4.78, 5) is 48.8. The van der Waals surface area contributed by atoms with Gasteiger partial charge >= 0.3 is 5.97 Å². The average Bonchev–Trinajstić information content (AvgIpc) is 3.70. The first-order valence-electron chi connectivity index (χ1n) is 18.0. The molecule has 314 valence electrons. The van der Waals surface area contributed by atoms with Gasteiger partial charge in [-0.25, -0.2) is 65.8 Å². The number of aromatic nitrogens is 8. The van der Waals surface area contributed by atoms with Gasteiger partial charge in [-0.1, -0.05) is 12.1 Å². The number of pyridine rings is 4. The number of sulfonamides is 2. The van der Waals surface area contributed by atoms with Crippen molar-refractivity contribution in [2.75, 3.05) is 7.11 Å². The molecule has 6 heterocycles. The number of imidazole rings is 2. The Labute approximate surface area is 345 Å². The standard InChI is InChI=1S/C20H18FN5O4S.C19H17FN6O3S/c1-11-3-5-13-19-15(9-23-20(13)24-11)25-17(8-18(27)30-2)26(19)10-12-4-6-16(14(21)7-12)31(22,28)29;1-10-2-4-12-18-14(8-23-19(12)24-10)25-17(7-16(21)27)26(18)9-11-3-5-15(13(20)6-11)30(22,28)29/h3-7,9H,8,10H2,1-2H3,(H2,22,28,29);2-6,8H,7,9H2,1H3,(H2,21,27)(H2,22,28,29). The number of nitrogens with two attached hydrogens (primary N) is 3. The average molecular weight is 872 g/mol. The summed E-state index contributed by atoms with van der Waals surface area (Å²) in [6.07, 6.45) is 2.87. The number of primary sulfonamides is 2. The summed E-state index contributed by atoms with van der Waals surface area (Å²) in [5.41, 5.74) is 11.3. The van der Waals surface area contributed by atoms with E-state index in [0.717, 1.165) is 35.7 Å². The lowest BCUT2D eigenvalue weighted by atomic mass is 10.2. The van der Waals surface area contributed by atoms with Gasteiger partial charge in [0.2, 0.25) is 26.0 Å². The van der Waals surface area contributed by atoms with Crippen LogP contribution >= 0.6 is 0 Å². The Bertz CT molecular complexity index is 3320. The van der Waals surface area contributed by atoms with E-state index >= 15 is 0 Å². The second-order valence-corrected chi connectivity index (χ2v) is 16.9. The van der Waals surface area contributed by atoms with Crippen molar-refractivity contribution in [3.63, 3.8) is 0 Å². The first-order chi connectivity index (χ1) is 28.8. The number of nitrogens with zero attached hydrogens (tertiary/aromatic N) is 8. The van der Waals surface area contributed by atoms with Crippen LogP contribution in [0.25, 0.3) is 44.1 Å². The molecule has 0 fully saturated rings. The zero-order valence-corrected chi connectivity index (χ0v) is 34.1. The van der Waals surface area contributed by atoms with Crippen LogP contribution in [0.4, 0.5) is 8.78 Å². The molecule has 0 saturated carbocycles. The Balaban J connectivity index is 0.000000184. The van der Waals surface area contributed by atoms with Crippen molar-refractivity contribution >= 4 is 76.1 Å². The molecule has 18 nitrogen and oxygen atoms in total. The van der Waals surface area contributed by atoms with Crippen LogP contribution in [0.2, 0.25) is 0 Å². The molecule has 0 unspecified atom stereocenters. The first kappa shape index (κ1) is 42.3. The highest BCUT2D eigenvalue weighted by molar-refractivity contribution is 7.89. The number of primary amides is 1. The number of aryl methyl sites for hydroxylation is 2. The zero-order valence-electron chi connectivity index (χ0n) is 32.5. The zero-order chi connectivity index (χ0) is 44.0. The molecule has 0 atom stereocenters. The van der Waals surface area contributed by atoms with E-state index in [1.54, 1.807) is 21.5 Å². The minimum Gasteiger partial charge on any atom is -0.469 e. The van der Waals surface area contributed by atoms with E-state index in [2.05, 4.69) is 29.9 Å². The maximum absolute atomic E-state index is 14.4. The molecule has 1 amide bonds. The fourth-order valence-corrected chi connectivity index (χ4v) is 7.94. The molecule has 0 saturated heterocycles. The normalized spacial score (nSPS) is 11.9. The molecule has 22 heteroatoms. The van der Waals surface area contributed by atoms with Crippen LogP contribution in [0.15, 0.2) is 82.8 Å². The van der Waals surface area contributed by atoms with Crippen LogP contribution in [-0.4, -0.2) is 74.9 Å². The van der Waals surface area contributed by atoms with E-state index in [1.165, 1.54) is 19.2 Å². The number of carbonyl (C=O) groups excluding carboxylic acids is 2. The Morgan fingerprint density at radius 2 is 1.08 bits per heavy atom. The number of ether oxygens (including phenoxy) is 1. The second kappa shape index (κ2) is 16.3. The number of benzene rings is 2. The van der Waals surface area contributed by atoms with Crippen molar-refractivity contribution in [1.82, 2.24) is 39.0 Å². The van der Waals surface area contributed by atoms with Crippen LogP contribution in [0.5, 0.6) is 0 Å². The lowest BCUT2D eigenvalue weighted by Crippen LogP contribution is -2.18. The number of hydrogen-bond donors (Lipinski definition) is 3. The molecular weight excluding hydrogens is 837 g/mol. The fourth-order valence-electron chi connectivity index (χ4n) is 6.76. The van der Waals surface area contributed by atoms with Gasteiger partial charge in [0.1, 0.15) is 50.5 Å². The van der Waals surface area contributed by atoms with E-state index in [1.807, 2.05) is 38.1 Å². The van der Waals surface area contributed by atoms with Gasteiger partial charge in [-0.3, -0.25) is 9.59 Å². The summed E-state index contributed by atoms with van der Waals surface area (Å²) in [7, 11) is -7.08. The lowest BCUT2D eigenvalue weighted by molar-refractivity contribution is -0.140. The van der Waals surface area contributed by atoms with Crippen molar-refractivity contribution in [2.24, 2.45) is 16.0 Å². The van der Waals surface area contributed by atoms with Crippen molar-refractivity contribution in [3.05, 3.63) is 119 Å². The third-order valence-corrected chi connectivity index (χ3v) is 11.3. The van der Waals surface area contributed by atoms with Gasteiger partial charge in [0.15, 0.2) is 11.3 Å². The Morgan fingerprint density at radius 3 is 1.46 bits per heavy atom. The Hall–Kier alpha value is -6.88. The van der Waals surface area contributed by atoms with Gasteiger partial charge in [0.05, 0.1) is 37.0 Å². The van der Waals surface area contributed by atoms with E-state index in [-0.39, 0.29) is 25.9 Å². The number of esters is 1. The van der Waals surface area contributed by atoms with Gasteiger partial charge in [-0.2, -0.15) is 0 Å². The maximum atomic E-state index is 14.4. The summed E-state index contributed by atoms with van der Waals surface area (Å²) in [5.74, 6) is -2.20. The summed E-state index contributed by atoms with van der Waals surface area (Å²) < 4.78 is 82.9. The fraction of sp³-hybridized carbons (Fsp3) is 0.179. The molecule has 6 aromatic heterocycles. The van der Waals surface area contributed by atoms with Gasteiger partial charge in [0.25, 0.3) is 0 Å². The van der Waals surface area contributed by atoms with E-state index in [9.17, 15) is 35.2 Å². The third kappa shape index (κ3) is 8.87. The summed E-state index contributed by atoms with van der Waals surface area (Å²) in [5, 5.41) is 11.5. The van der Waals surface area contributed by atoms with Crippen LogP contribution in [-0.2, 0) is 60.3 Å². The number of hydrogen-bond acceptors (Lipinski definition) is 13. The van der Waals surface area contributed by atoms with Crippen molar-refractivity contribution in [2.45, 2.75) is 49.6 Å². The smallest absolute Gasteiger partial charge is 0.313 e. The molecule has 61 heavy (non-hydrogen) atoms. The highest BCUT2D eigenvalue weighted by Crippen LogP contribution is 2.28. The molecule has 0 spiro atoms. The molecule has 0 bridgehead atoms. The maximum Gasteiger partial charge on any atom is 0.313 e. The molecule has 8 aromatic rings. The SMILES string of the molecule is COC(=O)Cc1nc2cnc3nc(C)ccc3c2n1Cc1ccc(S(N)(=O)=O)c(F)c1.Cc1ccc2c(ncc3nc(CC(N)=O)n(Cc4ccc(S(N)(=O)=O)c(F)c4)c32)n1. The first-order valence-corrected chi connectivity index (χ1v) is 21.1. The van der Waals surface area contributed by atoms with E-state index in [4.69, 9.17) is 20.7 Å². The molecule has 0 aliphatic carbocycles. The number of fused-ring (bicyclic) bond motifs is 6. The number of rotatable bonds is 10. The predicted octanol–water partition coefficient (Wildman–Crippen LogP) is 2.99. The van der Waals surface area contributed by atoms with Crippen LogP contribution < -0.4 is 16.0 Å². The predicted molar refractivity (Wildman–Crippen MR) is 218 cm³/mol. The van der Waals surface area contributed by atoms with Gasteiger partial charge in [-0.15, -0.1) is 0 Å². The van der Waals surface area contributed by atoms with Crippen molar-refractivity contribution in [3.8, 4) is 0 Å². The minimum atomic E-state index is -4.18. The highest BCUT2D eigenvalue weighted by Gasteiger charge is 2.22. The Morgan fingerprint density at radius 1 is 0.656 bits per heavy atom. The molecule has 2 aromatic carbocycles. The largest absolute Gasteiger partial charge is 0.469 e. The monoisotopic (exact) mass is 871 g/mol. The number of methoxy groups -OCH3 is 1. The lowest BCUT2D eigenvalue weighted by Gasteiger charge is -2.11. The molecule has 0 aliphatic rings.